The minimum absolute atomic E-state index is 0.00463. The quantitative estimate of drug-likeness (QED) is 0.300. The molecule has 4 aliphatic rings. The number of nitrogens with two attached hydrogens (primary N) is 1. The number of carbonyl (C=O) groups is 5. The molecule has 7 atom stereocenters. The van der Waals surface area contributed by atoms with Crippen molar-refractivity contribution in [1.82, 2.24) is 26.2 Å². The summed E-state index contributed by atoms with van der Waals surface area (Å²) in [6.45, 7) is 5.39. The molecule has 1 aliphatic carbocycles. The molecule has 3 aliphatic heterocycles. The second-order valence-electron chi connectivity index (χ2n) is 10.9. The van der Waals surface area contributed by atoms with Gasteiger partial charge in [-0.15, -0.1) is 0 Å². The van der Waals surface area contributed by atoms with Gasteiger partial charge in [0.1, 0.15) is 18.1 Å². The van der Waals surface area contributed by atoms with Crippen molar-refractivity contribution in [2.75, 3.05) is 6.54 Å². The first kappa shape index (κ1) is 26.2. The Hall–Kier alpha value is -2.90. The molecule has 4 rings (SSSR count). The molecule has 5 amide bonds. The molecule has 36 heavy (non-hydrogen) atoms. The average Bonchev–Trinajstić information content (AvgIpc) is 3.39. The van der Waals surface area contributed by atoms with E-state index in [1.165, 1.54) is 18.7 Å². The van der Waals surface area contributed by atoms with Crippen LogP contribution in [-0.4, -0.2) is 76.5 Å². The molecular weight excluding hydrogens is 485 g/mol. The molecule has 1 saturated carbocycles. The predicted molar refractivity (Wildman–Crippen MR) is 117 cm³/mol. The summed E-state index contributed by atoms with van der Waals surface area (Å²) in [5.74, 6) is -5.78. The van der Waals surface area contributed by atoms with Crippen LogP contribution in [0.5, 0.6) is 0 Å². The zero-order valence-corrected chi connectivity index (χ0v) is 20.2. The summed E-state index contributed by atoms with van der Waals surface area (Å²) in [5.41, 5.74) is 3.24. The van der Waals surface area contributed by atoms with Crippen LogP contribution in [0.25, 0.3) is 0 Å². The molecule has 14 heteroatoms. The summed E-state index contributed by atoms with van der Waals surface area (Å²) in [6.07, 6.45) is -3.77. The van der Waals surface area contributed by atoms with E-state index in [0.29, 0.717) is 25.8 Å². The number of halogens is 3. The maximum absolute atomic E-state index is 13.7. The molecule has 3 heterocycles. The van der Waals surface area contributed by atoms with Gasteiger partial charge in [-0.2, -0.15) is 13.2 Å². The number of amides is 5. The summed E-state index contributed by atoms with van der Waals surface area (Å²) in [5, 5.41) is 10.3. The first-order valence-electron chi connectivity index (χ1n) is 12.0. The van der Waals surface area contributed by atoms with Crippen LogP contribution in [0.2, 0.25) is 0 Å². The summed E-state index contributed by atoms with van der Waals surface area (Å²) in [7, 11) is 0. The lowest BCUT2D eigenvalue weighted by Gasteiger charge is -2.57. The third-order valence-electron chi connectivity index (χ3n) is 8.09. The first-order chi connectivity index (χ1) is 16.6. The fraction of sp³-hybridized carbons (Fsp3) is 0.773. The molecule has 0 aromatic carbocycles. The number of hydrogen-bond donors (Lipinski definition) is 5. The highest BCUT2D eigenvalue weighted by atomic mass is 19.4. The van der Waals surface area contributed by atoms with Crippen LogP contribution in [-0.2, 0) is 24.0 Å². The lowest BCUT2D eigenvalue weighted by atomic mass is 9.80. The third kappa shape index (κ3) is 4.18. The van der Waals surface area contributed by atoms with Gasteiger partial charge in [-0.3, -0.25) is 29.3 Å². The van der Waals surface area contributed by atoms with Crippen molar-refractivity contribution in [3.8, 4) is 0 Å². The number of fused-ring (bicyclic) bond motifs is 1. The van der Waals surface area contributed by atoms with E-state index in [4.69, 9.17) is 5.73 Å². The van der Waals surface area contributed by atoms with Gasteiger partial charge in [-0.1, -0.05) is 6.92 Å². The molecule has 1 spiro atoms. The Bertz CT molecular complexity index is 1000. The van der Waals surface area contributed by atoms with Crippen LogP contribution >= 0.6 is 0 Å². The number of rotatable bonds is 6. The summed E-state index contributed by atoms with van der Waals surface area (Å²) in [6, 6.07) is -3.83. The van der Waals surface area contributed by atoms with Gasteiger partial charge in [-0.05, 0) is 51.4 Å². The Morgan fingerprint density at radius 3 is 2.47 bits per heavy atom. The van der Waals surface area contributed by atoms with E-state index in [1.54, 1.807) is 5.32 Å². The minimum atomic E-state index is -5.19. The van der Waals surface area contributed by atoms with Crippen molar-refractivity contribution < 1.29 is 37.1 Å². The van der Waals surface area contributed by atoms with E-state index in [2.05, 4.69) is 16.0 Å². The Morgan fingerprint density at radius 1 is 1.25 bits per heavy atom. The van der Waals surface area contributed by atoms with Gasteiger partial charge in [-0.25, -0.2) is 0 Å². The number of piperidine rings is 1. The molecule has 0 aromatic heterocycles. The normalized spacial score (nSPS) is 35.7. The number of carbonyl (C=O) groups excluding carboxylic acids is 5. The number of hydrogen-bond acceptors (Lipinski definition) is 6. The van der Waals surface area contributed by atoms with E-state index in [-0.39, 0.29) is 24.2 Å². The van der Waals surface area contributed by atoms with E-state index < -0.39 is 65.1 Å². The maximum Gasteiger partial charge on any atom is 0.471 e. The molecule has 2 bridgehead atoms. The summed E-state index contributed by atoms with van der Waals surface area (Å²) in [4.78, 5) is 64.1. The van der Waals surface area contributed by atoms with E-state index in [0.717, 1.165) is 0 Å². The van der Waals surface area contributed by atoms with Gasteiger partial charge in [0.05, 0.1) is 5.66 Å². The molecular formula is C22H31F3N6O5. The second-order valence-corrected chi connectivity index (χ2v) is 10.9. The van der Waals surface area contributed by atoms with Gasteiger partial charge in [0.25, 0.3) is 0 Å². The molecule has 1 unspecified atom stereocenters. The highest BCUT2D eigenvalue weighted by molar-refractivity contribution is 5.97. The first-order valence-corrected chi connectivity index (χ1v) is 12.0. The molecule has 0 radical (unpaired) electrons. The van der Waals surface area contributed by atoms with Gasteiger partial charge >= 0.3 is 12.1 Å². The second kappa shape index (κ2) is 8.60. The molecule has 3 saturated heterocycles. The Kier molecular flexibility index (Phi) is 6.25. The van der Waals surface area contributed by atoms with Crippen molar-refractivity contribution in [1.29, 1.82) is 0 Å². The molecule has 0 aromatic rings. The molecule has 200 valence electrons. The topological polar surface area (TPSA) is 163 Å². The van der Waals surface area contributed by atoms with Crippen LogP contribution in [0, 0.1) is 17.8 Å². The maximum atomic E-state index is 13.7. The van der Waals surface area contributed by atoms with E-state index in [1.807, 2.05) is 6.92 Å². The number of nitrogens with zero attached hydrogens (tertiary/aromatic N) is 1. The van der Waals surface area contributed by atoms with Crippen molar-refractivity contribution in [2.24, 2.45) is 23.5 Å². The van der Waals surface area contributed by atoms with Crippen LogP contribution in [0.15, 0.2) is 0 Å². The highest BCUT2D eigenvalue weighted by Gasteiger charge is 2.69. The average molecular weight is 517 g/mol. The Balaban J connectivity index is 1.60. The Morgan fingerprint density at radius 2 is 1.92 bits per heavy atom. The SMILES string of the molecule is CC1C[C@H]2C[C@@]13NC(C)(C)[C@H](NC(=O)C(F)(F)F)C(=O)N3[C@@H]2C(=O)N[C@@H](C[C@@H]1CCNC1=O)C(N)=O. The lowest BCUT2D eigenvalue weighted by molar-refractivity contribution is -0.180. The van der Waals surface area contributed by atoms with Gasteiger partial charge in [0, 0.05) is 18.0 Å². The van der Waals surface area contributed by atoms with Crippen LogP contribution in [0.1, 0.15) is 46.5 Å². The van der Waals surface area contributed by atoms with Crippen molar-refractivity contribution in [3.05, 3.63) is 0 Å². The number of nitrogens with one attached hydrogen (secondary N) is 4. The molecule has 11 nitrogen and oxygen atoms in total. The summed E-state index contributed by atoms with van der Waals surface area (Å²) < 4.78 is 39.0. The summed E-state index contributed by atoms with van der Waals surface area (Å²) >= 11 is 0. The minimum Gasteiger partial charge on any atom is -0.368 e. The monoisotopic (exact) mass is 516 g/mol. The molecule has 6 N–H and O–H groups in total. The standard InChI is InChI=1S/C22H31F3N6O5/c1-9-6-11-8-21(9)30-20(2,3)14(29-19(36)22(23,24)25)18(35)31(21)13(11)17(34)28-12(15(26)32)7-10-4-5-27-16(10)33/h9-14,30H,4-8H2,1-3H3,(H2,26,32)(H,27,33)(H,28,34)(H,29,36)/t9?,10-,11-,12-,13-,14+,21-/m0/s1. The van der Waals surface area contributed by atoms with Crippen LogP contribution < -0.4 is 27.0 Å². The predicted octanol–water partition coefficient (Wildman–Crippen LogP) is -1.14. The van der Waals surface area contributed by atoms with E-state index in [9.17, 15) is 37.1 Å². The Labute approximate surface area is 205 Å². The van der Waals surface area contributed by atoms with Gasteiger partial charge in [0.15, 0.2) is 0 Å². The lowest BCUT2D eigenvalue weighted by Crippen LogP contribution is -2.81. The van der Waals surface area contributed by atoms with Gasteiger partial charge < -0.3 is 26.6 Å². The van der Waals surface area contributed by atoms with E-state index >= 15 is 0 Å². The van der Waals surface area contributed by atoms with Crippen molar-refractivity contribution >= 4 is 29.5 Å². The molecule has 4 fully saturated rings. The van der Waals surface area contributed by atoms with Crippen molar-refractivity contribution in [3.63, 3.8) is 0 Å². The third-order valence-corrected chi connectivity index (χ3v) is 8.09. The zero-order valence-electron chi connectivity index (χ0n) is 20.2. The van der Waals surface area contributed by atoms with Crippen molar-refractivity contribution in [2.45, 2.75) is 82.0 Å². The smallest absolute Gasteiger partial charge is 0.368 e. The van der Waals surface area contributed by atoms with Crippen LogP contribution in [0.4, 0.5) is 13.2 Å². The fourth-order valence-corrected chi connectivity index (χ4v) is 6.46. The largest absolute Gasteiger partial charge is 0.471 e. The number of alkyl halides is 3. The number of primary amides is 1. The zero-order chi connectivity index (χ0) is 26.8. The van der Waals surface area contributed by atoms with Crippen LogP contribution in [0.3, 0.4) is 0 Å². The fourth-order valence-electron chi connectivity index (χ4n) is 6.46. The highest BCUT2D eigenvalue weighted by Crippen LogP contribution is 2.55. The van der Waals surface area contributed by atoms with Gasteiger partial charge in [0.2, 0.25) is 23.6 Å².